The number of fused-ring (bicyclic) bond motifs is 1. The van der Waals surface area contributed by atoms with Gasteiger partial charge in [0, 0.05) is 11.9 Å². The van der Waals surface area contributed by atoms with E-state index >= 15 is 0 Å². The molecule has 0 saturated carbocycles. The lowest BCUT2D eigenvalue weighted by Gasteiger charge is -2.12. The second-order valence-electron chi connectivity index (χ2n) is 4.99. The van der Waals surface area contributed by atoms with Crippen LogP contribution in [0.4, 0.5) is 4.39 Å². The molecule has 0 bridgehead atoms. The van der Waals surface area contributed by atoms with Gasteiger partial charge in [0.2, 0.25) is 0 Å². The number of nitrogens with two attached hydrogens (primary N) is 1. The van der Waals surface area contributed by atoms with Crippen LogP contribution in [0.5, 0.6) is 11.5 Å². The first kappa shape index (κ1) is 13.6. The molecule has 106 valence electrons. The summed E-state index contributed by atoms with van der Waals surface area (Å²) in [5.41, 5.74) is 7.41. The van der Waals surface area contributed by atoms with Gasteiger partial charge < -0.3 is 10.5 Å². The third-order valence-electron chi connectivity index (χ3n) is 3.55. The Labute approximate surface area is 123 Å². The van der Waals surface area contributed by atoms with Crippen LogP contribution in [0.3, 0.4) is 0 Å². The first-order valence-electron chi connectivity index (χ1n) is 6.84. The molecule has 0 heterocycles. The second-order valence-corrected chi connectivity index (χ2v) is 4.99. The molecule has 3 heteroatoms. The summed E-state index contributed by atoms with van der Waals surface area (Å²) in [6.45, 7) is 2.20. The highest BCUT2D eigenvalue weighted by atomic mass is 19.1. The van der Waals surface area contributed by atoms with Crippen LogP contribution < -0.4 is 10.5 Å². The van der Waals surface area contributed by atoms with Crippen molar-refractivity contribution in [1.29, 1.82) is 0 Å². The number of rotatable bonds is 3. The highest BCUT2D eigenvalue weighted by Gasteiger charge is 2.07. The Morgan fingerprint density at radius 3 is 2.48 bits per heavy atom. The molecule has 0 aliphatic heterocycles. The topological polar surface area (TPSA) is 35.2 Å². The van der Waals surface area contributed by atoms with Crippen molar-refractivity contribution in [2.75, 3.05) is 0 Å². The maximum atomic E-state index is 13.3. The average molecular weight is 281 g/mol. The standard InChI is InChI=1S/C18H16FNO/c1-12-10-14(7-8-17(12)19)21-18-9-6-13(11-20)15-4-2-3-5-16(15)18/h2-10H,11,20H2,1H3. The van der Waals surface area contributed by atoms with Crippen molar-refractivity contribution in [3.8, 4) is 11.5 Å². The molecule has 0 unspecified atom stereocenters. The molecule has 0 amide bonds. The van der Waals surface area contributed by atoms with E-state index in [4.69, 9.17) is 10.5 Å². The molecule has 21 heavy (non-hydrogen) atoms. The molecule has 0 aliphatic rings. The van der Waals surface area contributed by atoms with Gasteiger partial charge in [-0.2, -0.15) is 0 Å². The number of halogens is 1. The van der Waals surface area contributed by atoms with Crippen LogP contribution in [-0.4, -0.2) is 0 Å². The smallest absolute Gasteiger partial charge is 0.135 e. The molecule has 0 radical (unpaired) electrons. The fourth-order valence-electron chi connectivity index (χ4n) is 2.41. The third-order valence-corrected chi connectivity index (χ3v) is 3.55. The van der Waals surface area contributed by atoms with Gasteiger partial charge in [0.15, 0.2) is 0 Å². The zero-order valence-corrected chi connectivity index (χ0v) is 11.8. The lowest BCUT2D eigenvalue weighted by atomic mass is 10.0. The average Bonchev–Trinajstić information content (AvgIpc) is 2.51. The quantitative estimate of drug-likeness (QED) is 0.765. The lowest BCUT2D eigenvalue weighted by molar-refractivity contribution is 0.485. The monoisotopic (exact) mass is 281 g/mol. The predicted octanol–water partition coefficient (Wildman–Crippen LogP) is 4.54. The van der Waals surface area contributed by atoms with Crippen molar-refractivity contribution >= 4 is 10.8 Å². The van der Waals surface area contributed by atoms with E-state index in [0.29, 0.717) is 17.9 Å². The number of benzene rings is 3. The van der Waals surface area contributed by atoms with E-state index in [9.17, 15) is 4.39 Å². The Balaban J connectivity index is 2.06. The van der Waals surface area contributed by atoms with Crippen molar-refractivity contribution in [3.05, 3.63) is 71.5 Å². The summed E-state index contributed by atoms with van der Waals surface area (Å²) in [7, 11) is 0. The minimum Gasteiger partial charge on any atom is -0.457 e. The van der Waals surface area contributed by atoms with Crippen LogP contribution in [0, 0.1) is 12.7 Å². The van der Waals surface area contributed by atoms with E-state index in [1.807, 2.05) is 36.4 Å². The minimum absolute atomic E-state index is 0.231. The zero-order valence-electron chi connectivity index (χ0n) is 11.8. The summed E-state index contributed by atoms with van der Waals surface area (Å²) in [6, 6.07) is 16.6. The number of hydrogen-bond acceptors (Lipinski definition) is 2. The van der Waals surface area contributed by atoms with Crippen molar-refractivity contribution in [3.63, 3.8) is 0 Å². The summed E-state index contributed by atoms with van der Waals surface area (Å²) in [6.07, 6.45) is 0. The van der Waals surface area contributed by atoms with Crippen molar-refractivity contribution in [1.82, 2.24) is 0 Å². The van der Waals surface area contributed by atoms with Gasteiger partial charge in [0.05, 0.1) is 0 Å². The Kier molecular flexibility index (Phi) is 3.59. The maximum Gasteiger partial charge on any atom is 0.135 e. The van der Waals surface area contributed by atoms with E-state index in [2.05, 4.69) is 0 Å². The molecular formula is C18H16FNO. The van der Waals surface area contributed by atoms with Crippen molar-refractivity contribution in [2.24, 2.45) is 5.73 Å². The fraction of sp³-hybridized carbons (Fsp3) is 0.111. The maximum absolute atomic E-state index is 13.3. The van der Waals surface area contributed by atoms with E-state index in [1.54, 1.807) is 19.1 Å². The Morgan fingerprint density at radius 2 is 1.76 bits per heavy atom. The molecule has 0 aliphatic carbocycles. The van der Waals surface area contributed by atoms with Crippen LogP contribution in [0.15, 0.2) is 54.6 Å². The Bertz CT molecular complexity index is 798. The molecule has 0 saturated heterocycles. The fourth-order valence-corrected chi connectivity index (χ4v) is 2.41. The van der Waals surface area contributed by atoms with Gasteiger partial charge in [0.1, 0.15) is 17.3 Å². The van der Waals surface area contributed by atoms with Gasteiger partial charge in [-0.1, -0.05) is 30.3 Å². The molecule has 2 nitrogen and oxygen atoms in total. The van der Waals surface area contributed by atoms with Gasteiger partial charge in [-0.25, -0.2) is 4.39 Å². The summed E-state index contributed by atoms with van der Waals surface area (Å²) < 4.78 is 19.2. The van der Waals surface area contributed by atoms with E-state index < -0.39 is 0 Å². The van der Waals surface area contributed by atoms with E-state index in [-0.39, 0.29) is 5.82 Å². The van der Waals surface area contributed by atoms with Crippen LogP contribution in [0.2, 0.25) is 0 Å². The Hall–Kier alpha value is -2.39. The molecular weight excluding hydrogens is 265 g/mol. The van der Waals surface area contributed by atoms with Crippen LogP contribution in [0.25, 0.3) is 10.8 Å². The largest absolute Gasteiger partial charge is 0.457 e. The summed E-state index contributed by atoms with van der Waals surface area (Å²) in [5.74, 6) is 1.14. The van der Waals surface area contributed by atoms with E-state index in [1.165, 1.54) is 6.07 Å². The predicted molar refractivity (Wildman–Crippen MR) is 83.1 cm³/mol. The SMILES string of the molecule is Cc1cc(Oc2ccc(CN)c3ccccc23)ccc1F. The minimum atomic E-state index is -0.231. The molecule has 0 atom stereocenters. The van der Waals surface area contributed by atoms with Gasteiger partial charge >= 0.3 is 0 Å². The lowest BCUT2D eigenvalue weighted by Crippen LogP contribution is -1.98. The summed E-state index contributed by atoms with van der Waals surface area (Å²) in [4.78, 5) is 0. The molecule has 3 aromatic rings. The molecule has 0 fully saturated rings. The molecule has 0 aromatic heterocycles. The zero-order chi connectivity index (χ0) is 14.8. The normalized spacial score (nSPS) is 10.8. The number of aryl methyl sites for hydroxylation is 1. The van der Waals surface area contributed by atoms with Crippen LogP contribution in [-0.2, 0) is 6.54 Å². The number of hydrogen-bond donors (Lipinski definition) is 1. The molecule has 0 spiro atoms. The highest BCUT2D eigenvalue weighted by molar-refractivity contribution is 5.91. The first-order valence-corrected chi connectivity index (χ1v) is 6.84. The van der Waals surface area contributed by atoms with Crippen LogP contribution in [0.1, 0.15) is 11.1 Å². The highest BCUT2D eigenvalue weighted by Crippen LogP contribution is 2.32. The molecule has 3 rings (SSSR count). The van der Waals surface area contributed by atoms with Gasteiger partial charge in [-0.05, 0) is 47.7 Å². The summed E-state index contributed by atoms with van der Waals surface area (Å²) in [5, 5.41) is 2.08. The third kappa shape index (κ3) is 2.60. The number of ether oxygens (including phenoxy) is 1. The Morgan fingerprint density at radius 1 is 1.00 bits per heavy atom. The van der Waals surface area contributed by atoms with Crippen molar-refractivity contribution < 1.29 is 9.13 Å². The van der Waals surface area contributed by atoms with Gasteiger partial charge in [-0.3, -0.25) is 0 Å². The van der Waals surface area contributed by atoms with Crippen molar-refractivity contribution in [2.45, 2.75) is 13.5 Å². The van der Waals surface area contributed by atoms with Crippen LogP contribution >= 0.6 is 0 Å². The van der Waals surface area contributed by atoms with E-state index in [0.717, 1.165) is 22.1 Å². The second kappa shape index (κ2) is 5.54. The van der Waals surface area contributed by atoms with Gasteiger partial charge in [0.25, 0.3) is 0 Å². The summed E-state index contributed by atoms with van der Waals surface area (Å²) >= 11 is 0. The first-order chi connectivity index (χ1) is 10.2. The molecule has 3 aromatic carbocycles. The van der Waals surface area contributed by atoms with Gasteiger partial charge in [-0.15, -0.1) is 0 Å². The molecule has 2 N–H and O–H groups in total.